The minimum absolute atomic E-state index is 0.0129. The molecule has 5 atom stereocenters. The van der Waals surface area contributed by atoms with E-state index >= 15 is 0 Å². The molecule has 2 aromatic carbocycles. The largest absolute Gasteiger partial charge is 0.462 e. The number of ether oxygens (including phenoxy) is 1. The first-order valence-corrected chi connectivity index (χ1v) is 12.2. The SMILES string of the molecule is C=C1CCC[C@]2(C)C[C@H]3OC(=O)[C@H](CN(Cc4ccccc4)Cc4ccccc4)[C@@H]3C[C@@H]12. The Kier molecular flexibility index (Phi) is 5.94. The Morgan fingerprint density at radius 3 is 2.28 bits per heavy atom. The Morgan fingerprint density at radius 2 is 1.66 bits per heavy atom. The minimum atomic E-state index is -0.0494. The first kappa shape index (κ1) is 21.5. The lowest BCUT2D eigenvalue weighted by atomic mass is 9.55. The Balaban J connectivity index is 1.36. The quantitative estimate of drug-likeness (QED) is 0.416. The average Bonchev–Trinajstić information content (AvgIpc) is 3.07. The highest BCUT2D eigenvalue weighted by Crippen LogP contribution is 2.57. The lowest BCUT2D eigenvalue weighted by Gasteiger charge is -2.50. The van der Waals surface area contributed by atoms with Crippen LogP contribution in [0.1, 0.15) is 50.2 Å². The Labute approximate surface area is 192 Å². The maximum atomic E-state index is 13.1. The fraction of sp³-hybridized carbons (Fsp3) is 0.483. The van der Waals surface area contributed by atoms with Crippen molar-refractivity contribution in [2.75, 3.05) is 6.54 Å². The van der Waals surface area contributed by atoms with E-state index in [1.165, 1.54) is 29.5 Å². The van der Waals surface area contributed by atoms with Gasteiger partial charge in [0.05, 0.1) is 5.92 Å². The molecular formula is C29H35NO2. The molecule has 0 radical (unpaired) electrons. The van der Waals surface area contributed by atoms with Crippen LogP contribution in [0.4, 0.5) is 0 Å². The molecule has 3 heteroatoms. The lowest BCUT2D eigenvalue weighted by Crippen LogP contribution is -2.45. The van der Waals surface area contributed by atoms with Crippen molar-refractivity contribution in [2.45, 2.75) is 58.2 Å². The number of hydrogen-bond donors (Lipinski definition) is 0. The number of allylic oxidation sites excluding steroid dienone is 1. The molecule has 0 spiro atoms. The topological polar surface area (TPSA) is 29.5 Å². The fourth-order valence-electron chi connectivity index (χ4n) is 6.61. The third-order valence-corrected chi connectivity index (χ3v) is 8.27. The first-order valence-electron chi connectivity index (χ1n) is 12.2. The lowest BCUT2D eigenvalue weighted by molar-refractivity contribution is -0.146. The van der Waals surface area contributed by atoms with Crippen molar-refractivity contribution in [3.8, 4) is 0 Å². The predicted molar refractivity (Wildman–Crippen MR) is 128 cm³/mol. The number of fused-ring (bicyclic) bond motifs is 2. The highest BCUT2D eigenvalue weighted by Gasteiger charge is 2.55. The van der Waals surface area contributed by atoms with Gasteiger partial charge >= 0.3 is 5.97 Å². The van der Waals surface area contributed by atoms with Gasteiger partial charge in [0.15, 0.2) is 0 Å². The van der Waals surface area contributed by atoms with E-state index in [1.807, 2.05) is 0 Å². The van der Waals surface area contributed by atoms with Crippen LogP contribution >= 0.6 is 0 Å². The normalized spacial score (nSPS) is 31.8. The molecule has 5 rings (SSSR count). The van der Waals surface area contributed by atoms with Crippen molar-refractivity contribution in [2.24, 2.45) is 23.2 Å². The van der Waals surface area contributed by atoms with Crippen LogP contribution < -0.4 is 0 Å². The summed E-state index contributed by atoms with van der Waals surface area (Å²) in [5.74, 6) is 0.807. The highest BCUT2D eigenvalue weighted by molar-refractivity contribution is 5.75. The first-order chi connectivity index (χ1) is 15.5. The number of benzene rings is 2. The van der Waals surface area contributed by atoms with Gasteiger partial charge in [0, 0.05) is 25.6 Å². The van der Waals surface area contributed by atoms with E-state index in [-0.39, 0.29) is 23.4 Å². The monoisotopic (exact) mass is 429 g/mol. The molecule has 2 aromatic rings. The van der Waals surface area contributed by atoms with Gasteiger partial charge in [-0.25, -0.2) is 0 Å². The van der Waals surface area contributed by atoms with E-state index in [2.05, 4.69) is 79.1 Å². The number of hydrogen-bond acceptors (Lipinski definition) is 3. The number of carbonyl (C=O) groups is 1. The van der Waals surface area contributed by atoms with Crippen molar-refractivity contribution in [1.29, 1.82) is 0 Å². The van der Waals surface area contributed by atoms with Gasteiger partial charge in [-0.2, -0.15) is 0 Å². The van der Waals surface area contributed by atoms with Crippen LogP contribution in [0.25, 0.3) is 0 Å². The number of esters is 1. The van der Waals surface area contributed by atoms with Gasteiger partial charge < -0.3 is 4.74 Å². The smallest absolute Gasteiger partial charge is 0.310 e. The van der Waals surface area contributed by atoms with Gasteiger partial charge in [-0.3, -0.25) is 9.69 Å². The van der Waals surface area contributed by atoms with Gasteiger partial charge in [-0.1, -0.05) is 79.7 Å². The second-order valence-corrected chi connectivity index (χ2v) is 10.5. The highest BCUT2D eigenvalue weighted by atomic mass is 16.6. The average molecular weight is 430 g/mol. The van der Waals surface area contributed by atoms with Gasteiger partial charge in [0.25, 0.3) is 0 Å². The van der Waals surface area contributed by atoms with Crippen LogP contribution in [0.2, 0.25) is 0 Å². The van der Waals surface area contributed by atoms with Gasteiger partial charge in [0.2, 0.25) is 0 Å². The molecule has 2 saturated carbocycles. The molecule has 168 valence electrons. The molecule has 0 aromatic heterocycles. The summed E-state index contributed by atoms with van der Waals surface area (Å²) >= 11 is 0. The van der Waals surface area contributed by atoms with E-state index in [4.69, 9.17) is 4.74 Å². The summed E-state index contributed by atoms with van der Waals surface area (Å²) < 4.78 is 6.03. The van der Waals surface area contributed by atoms with Gasteiger partial charge in [-0.15, -0.1) is 0 Å². The van der Waals surface area contributed by atoms with Crippen molar-refractivity contribution in [1.82, 2.24) is 4.90 Å². The molecule has 1 heterocycles. The van der Waals surface area contributed by atoms with Crippen LogP contribution in [0.15, 0.2) is 72.8 Å². The molecule has 0 amide bonds. The summed E-state index contributed by atoms with van der Waals surface area (Å²) in [6.07, 6.45) is 5.74. The Hall–Kier alpha value is -2.39. The molecule has 0 bridgehead atoms. The van der Waals surface area contributed by atoms with Gasteiger partial charge in [0.1, 0.15) is 6.10 Å². The minimum Gasteiger partial charge on any atom is -0.462 e. The zero-order valence-corrected chi connectivity index (χ0v) is 19.2. The molecular weight excluding hydrogens is 394 g/mol. The third-order valence-electron chi connectivity index (χ3n) is 8.27. The van der Waals surface area contributed by atoms with Crippen LogP contribution in [0.5, 0.6) is 0 Å². The number of carbonyl (C=O) groups excluding carboxylic acids is 1. The van der Waals surface area contributed by atoms with Crippen LogP contribution in [-0.2, 0) is 22.6 Å². The number of nitrogens with zero attached hydrogens (tertiary/aromatic N) is 1. The van der Waals surface area contributed by atoms with Crippen molar-refractivity contribution in [3.05, 3.63) is 83.9 Å². The standard InChI is InChI=1S/C29H35NO2/c1-21-10-9-15-29(2)17-27-24(16-26(21)29)25(28(31)32-27)20-30(18-22-11-5-3-6-12-22)19-23-13-7-4-8-14-23/h3-8,11-14,24-27H,1,9-10,15-20H2,2H3/t24-,25+,26-,27+,29+/m0/s1. The molecule has 3 aliphatic rings. The third kappa shape index (κ3) is 4.28. The summed E-state index contributed by atoms with van der Waals surface area (Å²) in [5.41, 5.74) is 4.21. The molecule has 2 aliphatic carbocycles. The molecule has 0 N–H and O–H groups in total. The predicted octanol–water partition coefficient (Wildman–Crippen LogP) is 6.00. The number of rotatable bonds is 6. The Morgan fingerprint density at radius 1 is 1.03 bits per heavy atom. The van der Waals surface area contributed by atoms with E-state index in [0.29, 0.717) is 11.8 Å². The molecule has 3 fully saturated rings. The molecule has 32 heavy (non-hydrogen) atoms. The second kappa shape index (κ2) is 8.86. The second-order valence-electron chi connectivity index (χ2n) is 10.5. The zero-order valence-electron chi connectivity index (χ0n) is 19.2. The van der Waals surface area contributed by atoms with Crippen molar-refractivity contribution < 1.29 is 9.53 Å². The summed E-state index contributed by atoms with van der Waals surface area (Å²) in [4.78, 5) is 15.5. The summed E-state index contributed by atoms with van der Waals surface area (Å²) in [6, 6.07) is 21.2. The zero-order chi connectivity index (χ0) is 22.1. The summed E-state index contributed by atoms with van der Waals surface area (Å²) in [5, 5.41) is 0. The Bertz CT molecular complexity index is 914. The molecule has 1 saturated heterocycles. The fourth-order valence-corrected chi connectivity index (χ4v) is 6.61. The van der Waals surface area contributed by atoms with E-state index < -0.39 is 0 Å². The maximum Gasteiger partial charge on any atom is 0.310 e. The van der Waals surface area contributed by atoms with E-state index in [1.54, 1.807) is 0 Å². The van der Waals surface area contributed by atoms with Crippen molar-refractivity contribution >= 4 is 5.97 Å². The van der Waals surface area contributed by atoms with Gasteiger partial charge in [-0.05, 0) is 54.6 Å². The van der Waals surface area contributed by atoms with Crippen molar-refractivity contribution in [3.63, 3.8) is 0 Å². The van der Waals surface area contributed by atoms with E-state index in [0.717, 1.165) is 38.9 Å². The molecule has 0 unspecified atom stereocenters. The summed E-state index contributed by atoms with van der Waals surface area (Å²) in [6.45, 7) is 9.26. The van der Waals surface area contributed by atoms with Crippen LogP contribution in [-0.4, -0.2) is 23.5 Å². The maximum absolute atomic E-state index is 13.1. The molecule has 1 aliphatic heterocycles. The summed E-state index contributed by atoms with van der Waals surface area (Å²) in [7, 11) is 0. The molecule has 3 nitrogen and oxygen atoms in total. The van der Waals surface area contributed by atoms with Crippen LogP contribution in [0, 0.1) is 23.2 Å². The van der Waals surface area contributed by atoms with E-state index in [9.17, 15) is 4.79 Å². The van der Waals surface area contributed by atoms with Crippen LogP contribution in [0.3, 0.4) is 0 Å².